The Hall–Kier alpha value is -0.900. The number of nitrogens with two attached hydrogens (primary N) is 1. The van der Waals surface area contributed by atoms with Crippen LogP contribution in [0.15, 0.2) is 4.52 Å². The minimum atomic E-state index is -0.388. The molecule has 1 heterocycles. The fourth-order valence-electron chi connectivity index (χ4n) is 2.76. The summed E-state index contributed by atoms with van der Waals surface area (Å²) in [6.45, 7) is 6.65. The highest BCUT2D eigenvalue weighted by Gasteiger charge is 2.37. The molecule has 0 saturated heterocycles. The molecule has 102 valence electrons. The molecule has 1 aliphatic rings. The van der Waals surface area contributed by atoms with Crippen LogP contribution in [-0.4, -0.2) is 10.1 Å². The maximum Gasteiger partial charge on any atom is 0.246 e. The van der Waals surface area contributed by atoms with Gasteiger partial charge in [0, 0.05) is 6.42 Å². The molecule has 1 aromatic rings. The van der Waals surface area contributed by atoms with Crippen molar-refractivity contribution in [3.8, 4) is 0 Å². The zero-order valence-electron chi connectivity index (χ0n) is 11.8. The van der Waals surface area contributed by atoms with Gasteiger partial charge >= 0.3 is 0 Å². The lowest BCUT2D eigenvalue weighted by molar-refractivity contribution is 0.183. The van der Waals surface area contributed by atoms with Gasteiger partial charge in [-0.25, -0.2) is 0 Å². The molecule has 1 aromatic heterocycles. The predicted octanol–water partition coefficient (Wildman–Crippen LogP) is 3.02. The Morgan fingerprint density at radius 2 is 2.28 bits per heavy atom. The highest BCUT2D eigenvalue weighted by molar-refractivity contribution is 5.04. The second-order valence-electron chi connectivity index (χ2n) is 6.31. The Morgan fingerprint density at radius 1 is 1.50 bits per heavy atom. The smallest absolute Gasteiger partial charge is 0.246 e. The van der Waals surface area contributed by atoms with Crippen molar-refractivity contribution in [2.75, 3.05) is 0 Å². The normalized spacial score (nSPS) is 28.8. The highest BCUT2D eigenvalue weighted by atomic mass is 16.5. The van der Waals surface area contributed by atoms with Crippen LogP contribution in [0, 0.1) is 11.8 Å². The molecular formula is C14H25N3O. The fourth-order valence-corrected chi connectivity index (χ4v) is 2.76. The number of aromatic nitrogens is 2. The average Bonchev–Trinajstić information content (AvgIpc) is 2.75. The summed E-state index contributed by atoms with van der Waals surface area (Å²) in [5.74, 6) is 2.76. The van der Waals surface area contributed by atoms with Crippen LogP contribution >= 0.6 is 0 Å². The van der Waals surface area contributed by atoms with Crippen LogP contribution in [0.4, 0.5) is 0 Å². The SMILES string of the molecule is CC(C)CCc1noc(C2(N)CCCC(C)C2)n1. The van der Waals surface area contributed by atoms with Crippen molar-refractivity contribution >= 4 is 0 Å². The van der Waals surface area contributed by atoms with E-state index in [1.807, 2.05) is 0 Å². The lowest BCUT2D eigenvalue weighted by Gasteiger charge is -2.33. The summed E-state index contributed by atoms with van der Waals surface area (Å²) >= 11 is 0. The summed E-state index contributed by atoms with van der Waals surface area (Å²) in [6.07, 6.45) is 6.30. The molecule has 4 nitrogen and oxygen atoms in total. The van der Waals surface area contributed by atoms with E-state index in [4.69, 9.17) is 10.3 Å². The molecule has 18 heavy (non-hydrogen) atoms. The molecule has 0 amide bonds. The monoisotopic (exact) mass is 251 g/mol. The Bertz CT molecular complexity index is 388. The van der Waals surface area contributed by atoms with Gasteiger partial charge < -0.3 is 10.3 Å². The lowest BCUT2D eigenvalue weighted by atomic mass is 9.77. The van der Waals surface area contributed by atoms with E-state index in [9.17, 15) is 0 Å². The first-order valence-electron chi connectivity index (χ1n) is 7.11. The van der Waals surface area contributed by atoms with Crippen molar-refractivity contribution < 1.29 is 4.52 Å². The van der Waals surface area contributed by atoms with Gasteiger partial charge in [-0.2, -0.15) is 4.98 Å². The molecule has 2 N–H and O–H groups in total. The molecule has 0 aliphatic heterocycles. The summed E-state index contributed by atoms with van der Waals surface area (Å²) in [5.41, 5.74) is 6.06. The van der Waals surface area contributed by atoms with Gasteiger partial charge in [0.2, 0.25) is 5.89 Å². The van der Waals surface area contributed by atoms with Crippen molar-refractivity contribution in [3.63, 3.8) is 0 Å². The van der Waals surface area contributed by atoms with Crippen molar-refractivity contribution in [2.24, 2.45) is 17.6 Å². The van der Waals surface area contributed by atoms with E-state index in [0.29, 0.717) is 17.7 Å². The van der Waals surface area contributed by atoms with Crippen LogP contribution in [0.2, 0.25) is 0 Å². The number of hydrogen-bond donors (Lipinski definition) is 1. The fraction of sp³-hybridized carbons (Fsp3) is 0.857. The number of hydrogen-bond acceptors (Lipinski definition) is 4. The maximum atomic E-state index is 6.44. The molecule has 2 unspecified atom stereocenters. The minimum absolute atomic E-state index is 0.388. The Morgan fingerprint density at radius 3 is 2.94 bits per heavy atom. The van der Waals surface area contributed by atoms with E-state index < -0.39 is 0 Å². The van der Waals surface area contributed by atoms with E-state index in [1.165, 1.54) is 6.42 Å². The van der Waals surface area contributed by atoms with Gasteiger partial charge in [-0.15, -0.1) is 0 Å². The van der Waals surface area contributed by atoms with Gasteiger partial charge in [0.1, 0.15) is 0 Å². The molecule has 1 aliphatic carbocycles. The largest absolute Gasteiger partial charge is 0.337 e. The summed E-state index contributed by atoms with van der Waals surface area (Å²) in [4.78, 5) is 4.51. The molecule has 4 heteroatoms. The van der Waals surface area contributed by atoms with Crippen molar-refractivity contribution in [3.05, 3.63) is 11.7 Å². The van der Waals surface area contributed by atoms with Crippen LogP contribution in [0.3, 0.4) is 0 Å². The van der Waals surface area contributed by atoms with Crippen molar-refractivity contribution in [1.82, 2.24) is 10.1 Å². The van der Waals surface area contributed by atoms with Gasteiger partial charge in [0.25, 0.3) is 0 Å². The number of rotatable bonds is 4. The van der Waals surface area contributed by atoms with Crippen LogP contribution in [0.1, 0.15) is 64.6 Å². The molecule has 0 spiro atoms. The van der Waals surface area contributed by atoms with Gasteiger partial charge in [0.05, 0.1) is 5.54 Å². The third kappa shape index (κ3) is 3.10. The van der Waals surface area contributed by atoms with E-state index >= 15 is 0 Å². The van der Waals surface area contributed by atoms with E-state index in [-0.39, 0.29) is 5.54 Å². The summed E-state index contributed by atoms with van der Waals surface area (Å²) < 4.78 is 5.40. The first-order valence-corrected chi connectivity index (χ1v) is 7.11. The highest BCUT2D eigenvalue weighted by Crippen LogP contribution is 2.36. The summed E-state index contributed by atoms with van der Waals surface area (Å²) in [7, 11) is 0. The van der Waals surface area contributed by atoms with Gasteiger partial charge in [-0.3, -0.25) is 0 Å². The zero-order valence-corrected chi connectivity index (χ0v) is 11.8. The third-order valence-corrected chi connectivity index (χ3v) is 3.87. The number of aryl methyl sites for hydroxylation is 1. The molecule has 1 saturated carbocycles. The minimum Gasteiger partial charge on any atom is -0.337 e. The van der Waals surface area contributed by atoms with Gasteiger partial charge in [-0.1, -0.05) is 38.8 Å². The maximum absolute atomic E-state index is 6.44. The molecule has 0 radical (unpaired) electrons. The molecular weight excluding hydrogens is 226 g/mol. The topological polar surface area (TPSA) is 64.9 Å². The predicted molar refractivity (Wildman–Crippen MR) is 71.0 cm³/mol. The van der Waals surface area contributed by atoms with Crippen LogP contribution < -0.4 is 5.73 Å². The van der Waals surface area contributed by atoms with Gasteiger partial charge in [-0.05, 0) is 31.1 Å². The standard InChI is InChI=1S/C14H25N3O/c1-10(2)6-7-12-16-13(18-17-12)14(15)8-4-5-11(3)9-14/h10-11H,4-9,15H2,1-3H3. The number of nitrogens with zero attached hydrogens (tertiary/aromatic N) is 2. The molecule has 2 atom stereocenters. The Labute approximate surface area is 109 Å². The molecule has 2 rings (SSSR count). The van der Waals surface area contributed by atoms with Crippen LogP contribution in [-0.2, 0) is 12.0 Å². The zero-order chi connectivity index (χ0) is 13.2. The molecule has 0 bridgehead atoms. The summed E-state index contributed by atoms with van der Waals surface area (Å²) in [6, 6.07) is 0. The van der Waals surface area contributed by atoms with Crippen LogP contribution in [0.25, 0.3) is 0 Å². The van der Waals surface area contributed by atoms with Gasteiger partial charge in [0.15, 0.2) is 5.82 Å². The van der Waals surface area contributed by atoms with E-state index in [2.05, 4.69) is 30.9 Å². The Kier molecular flexibility index (Phi) is 4.05. The average molecular weight is 251 g/mol. The molecule has 1 fully saturated rings. The second kappa shape index (κ2) is 5.39. The Balaban J connectivity index is 2.04. The van der Waals surface area contributed by atoms with Crippen LogP contribution in [0.5, 0.6) is 0 Å². The van der Waals surface area contributed by atoms with E-state index in [1.54, 1.807) is 0 Å². The third-order valence-electron chi connectivity index (χ3n) is 3.87. The summed E-state index contributed by atoms with van der Waals surface area (Å²) in [5, 5.41) is 4.07. The van der Waals surface area contributed by atoms with Crippen molar-refractivity contribution in [1.29, 1.82) is 0 Å². The molecule has 0 aromatic carbocycles. The quantitative estimate of drug-likeness (QED) is 0.893. The first-order chi connectivity index (χ1) is 8.49. The first kappa shape index (κ1) is 13.5. The van der Waals surface area contributed by atoms with E-state index in [0.717, 1.165) is 37.9 Å². The second-order valence-corrected chi connectivity index (χ2v) is 6.31. The lowest BCUT2D eigenvalue weighted by Crippen LogP contribution is -2.41. The van der Waals surface area contributed by atoms with Crippen molar-refractivity contribution in [2.45, 2.75) is 64.8 Å².